The first-order chi connectivity index (χ1) is 12.3. The number of carbonyl (C=O) groups excluding carboxylic acids is 3. The second kappa shape index (κ2) is 8.75. The molecule has 3 N–H and O–H groups in total. The van der Waals surface area contributed by atoms with Gasteiger partial charge in [-0.05, 0) is 12.1 Å². The van der Waals surface area contributed by atoms with Gasteiger partial charge in [0, 0.05) is 13.8 Å². The van der Waals surface area contributed by atoms with Crippen molar-refractivity contribution in [3.05, 3.63) is 35.9 Å². The fourth-order valence-corrected chi connectivity index (χ4v) is 2.61. The molecular formula is C17H21NO8. The van der Waals surface area contributed by atoms with Crippen LogP contribution in [0, 0.1) is 0 Å². The zero-order chi connectivity index (χ0) is 19.3. The number of amides is 1. The fourth-order valence-electron chi connectivity index (χ4n) is 2.61. The number of benzene rings is 1. The Morgan fingerprint density at radius 2 is 1.81 bits per heavy atom. The zero-order valence-corrected chi connectivity index (χ0v) is 14.3. The van der Waals surface area contributed by atoms with E-state index in [1.165, 1.54) is 6.92 Å². The van der Waals surface area contributed by atoms with Crippen molar-refractivity contribution in [3.63, 3.8) is 0 Å². The number of rotatable bonds is 5. The molecule has 0 radical (unpaired) electrons. The summed E-state index contributed by atoms with van der Waals surface area (Å²) in [4.78, 5) is 34.6. The van der Waals surface area contributed by atoms with Crippen LogP contribution in [0.5, 0.6) is 0 Å². The largest absolute Gasteiger partial charge is 0.459 e. The summed E-state index contributed by atoms with van der Waals surface area (Å²) in [5, 5.41) is 22.9. The average Bonchev–Trinajstić information content (AvgIpc) is 2.59. The molecule has 0 spiro atoms. The smallest absolute Gasteiger partial charge is 0.338 e. The summed E-state index contributed by atoms with van der Waals surface area (Å²) < 4.78 is 15.4. The first kappa shape index (κ1) is 19.8. The summed E-state index contributed by atoms with van der Waals surface area (Å²) in [5.74, 6) is -1.85. The van der Waals surface area contributed by atoms with Crippen molar-refractivity contribution in [2.24, 2.45) is 0 Å². The van der Waals surface area contributed by atoms with E-state index in [9.17, 15) is 24.6 Å². The number of carbonyl (C=O) groups is 3. The van der Waals surface area contributed by atoms with E-state index in [-0.39, 0.29) is 6.61 Å². The molecule has 0 aromatic heterocycles. The second-order valence-electron chi connectivity index (χ2n) is 5.82. The molecular weight excluding hydrogens is 346 g/mol. The molecule has 1 aliphatic heterocycles. The van der Waals surface area contributed by atoms with Crippen molar-refractivity contribution in [2.45, 2.75) is 44.5 Å². The maximum Gasteiger partial charge on any atom is 0.338 e. The number of aliphatic hydroxyl groups excluding tert-OH is 2. The van der Waals surface area contributed by atoms with E-state index in [2.05, 4.69) is 5.32 Å². The third-order valence-corrected chi connectivity index (χ3v) is 3.75. The van der Waals surface area contributed by atoms with E-state index in [1.807, 2.05) is 0 Å². The normalized spacial score (nSPS) is 28.1. The minimum atomic E-state index is -1.56. The maximum absolute atomic E-state index is 12.0. The molecule has 1 heterocycles. The SMILES string of the molecule is CC(=O)N[C@H]1[C@@H](OC(C)=O)[C@H](O)[C@@H](COC(=O)c2ccccc2)O[C@@H]1O. The number of hydrogen-bond donors (Lipinski definition) is 3. The Balaban J connectivity index is 2.06. The highest BCUT2D eigenvalue weighted by Gasteiger charge is 2.47. The van der Waals surface area contributed by atoms with Gasteiger partial charge in [-0.2, -0.15) is 0 Å². The Hall–Kier alpha value is -2.49. The minimum absolute atomic E-state index is 0.311. The maximum atomic E-state index is 12.0. The molecule has 2 rings (SSSR count). The molecule has 1 aliphatic rings. The molecule has 26 heavy (non-hydrogen) atoms. The molecule has 0 saturated carbocycles. The van der Waals surface area contributed by atoms with Gasteiger partial charge in [0.05, 0.1) is 5.56 Å². The molecule has 9 nitrogen and oxygen atoms in total. The summed E-state index contributed by atoms with van der Waals surface area (Å²) in [5.41, 5.74) is 0.311. The van der Waals surface area contributed by atoms with E-state index in [0.29, 0.717) is 5.56 Å². The fraction of sp³-hybridized carbons (Fsp3) is 0.471. The van der Waals surface area contributed by atoms with Crippen LogP contribution in [-0.2, 0) is 23.8 Å². The molecule has 5 atom stereocenters. The molecule has 0 unspecified atom stereocenters. The van der Waals surface area contributed by atoms with E-state index in [4.69, 9.17) is 14.2 Å². The lowest BCUT2D eigenvalue weighted by molar-refractivity contribution is -0.258. The van der Waals surface area contributed by atoms with Crippen LogP contribution in [0.3, 0.4) is 0 Å². The third-order valence-electron chi connectivity index (χ3n) is 3.75. The lowest BCUT2D eigenvalue weighted by Crippen LogP contribution is -2.65. The minimum Gasteiger partial charge on any atom is -0.459 e. The number of ether oxygens (including phenoxy) is 3. The predicted molar refractivity (Wildman–Crippen MR) is 86.8 cm³/mol. The van der Waals surface area contributed by atoms with E-state index in [1.54, 1.807) is 30.3 Å². The molecule has 0 aliphatic carbocycles. The van der Waals surface area contributed by atoms with Gasteiger partial charge >= 0.3 is 11.9 Å². The number of nitrogens with one attached hydrogen (secondary N) is 1. The number of hydrogen-bond acceptors (Lipinski definition) is 8. The highest BCUT2D eigenvalue weighted by Crippen LogP contribution is 2.23. The van der Waals surface area contributed by atoms with Crippen molar-refractivity contribution >= 4 is 17.8 Å². The van der Waals surface area contributed by atoms with Gasteiger partial charge in [0.25, 0.3) is 0 Å². The lowest BCUT2D eigenvalue weighted by atomic mass is 9.96. The summed E-state index contributed by atoms with van der Waals surface area (Å²) in [6.07, 6.45) is -5.40. The Kier molecular flexibility index (Phi) is 6.67. The summed E-state index contributed by atoms with van der Waals surface area (Å²) in [6.45, 7) is 1.96. The van der Waals surface area contributed by atoms with Gasteiger partial charge < -0.3 is 29.7 Å². The first-order valence-electron chi connectivity index (χ1n) is 7.97. The van der Waals surface area contributed by atoms with Crippen molar-refractivity contribution < 1.29 is 38.8 Å². The number of aliphatic hydroxyl groups is 2. The molecule has 9 heteroatoms. The van der Waals surface area contributed by atoms with Crippen LogP contribution in [0.4, 0.5) is 0 Å². The van der Waals surface area contributed by atoms with Crippen LogP contribution >= 0.6 is 0 Å². The van der Waals surface area contributed by atoms with E-state index >= 15 is 0 Å². The Morgan fingerprint density at radius 1 is 1.15 bits per heavy atom. The highest BCUT2D eigenvalue weighted by atomic mass is 16.6. The second-order valence-corrected chi connectivity index (χ2v) is 5.82. The van der Waals surface area contributed by atoms with Gasteiger partial charge in [-0.25, -0.2) is 4.79 Å². The molecule has 0 bridgehead atoms. The van der Waals surface area contributed by atoms with Crippen LogP contribution in [0.15, 0.2) is 30.3 Å². The lowest BCUT2D eigenvalue weighted by Gasteiger charge is -2.42. The van der Waals surface area contributed by atoms with Gasteiger partial charge in [-0.15, -0.1) is 0 Å². The molecule has 1 aromatic rings. The van der Waals surface area contributed by atoms with Gasteiger partial charge in [0.2, 0.25) is 5.91 Å². The van der Waals surface area contributed by atoms with Crippen LogP contribution in [-0.4, -0.2) is 65.3 Å². The van der Waals surface area contributed by atoms with E-state index < -0.39 is 48.5 Å². The monoisotopic (exact) mass is 367 g/mol. The summed E-state index contributed by atoms with van der Waals surface area (Å²) >= 11 is 0. The topological polar surface area (TPSA) is 131 Å². The van der Waals surface area contributed by atoms with Crippen molar-refractivity contribution in [3.8, 4) is 0 Å². The average molecular weight is 367 g/mol. The van der Waals surface area contributed by atoms with Crippen molar-refractivity contribution in [2.75, 3.05) is 6.61 Å². The predicted octanol–water partition coefficient (Wildman–Crippen LogP) is -0.642. The standard InChI is InChI=1S/C17H21NO8/c1-9(19)18-13-15(25-10(2)20)14(21)12(26-17(13)23)8-24-16(22)11-6-4-3-5-7-11/h3-7,12-15,17,21,23H,8H2,1-2H3,(H,18,19)/t12-,13+,14-,15-,17+/m1/s1. The Bertz CT molecular complexity index is 649. The Morgan fingerprint density at radius 3 is 2.38 bits per heavy atom. The van der Waals surface area contributed by atoms with E-state index in [0.717, 1.165) is 6.92 Å². The summed E-state index contributed by atoms with van der Waals surface area (Å²) in [6, 6.07) is 7.04. The number of esters is 2. The van der Waals surface area contributed by atoms with Gasteiger partial charge in [-0.3, -0.25) is 9.59 Å². The van der Waals surface area contributed by atoms with Gasteiger partial charge in [0.1, 0.15) is 24.9 Å². The van der Waals surface area contributed by atoms with Crippen LogP contribution < -0.4 is 5.32 Å². The van der Waals surface area contributed by atoms with Crippen LogP contribution in [0.2, 0.25) is 0 Å². The van der Waals surface area contributed by atoms with Gasteiger partial charge in [-0.1, -0.05) is 18.2 Å². The van der Waals surface area contributed by atoms with Gasteiger partial charge in [0.15, 0.2) is 12.4 Å². The first-order valence-corrected chi connectivity index (χ1v) is 7.97. The Labute approximate surface area is 149 Å². The molecule has 142 valence electrons. The molecule has 1 amide bonds. The van der Waals surface area contributed by atoms with Crippen molar-refractivity contribution in [1.29, 1.82) is 0 Å². The molecule has 1 aromatic carbocycles. The van der Waals surface area contributed by atoms with Crippen LogP contribution in [0.1, 0.15) is 24.2 Å². The quantitative estimate of drug-likeness (QED) is 0.586. The highest BCUT2D eigenvalue weighted by molar-refractivity contribution is 5.89. The molecule has 1 saturated heterocycles. The molecule has 1 fully saturated rings. The zero-order valence-electron chi connectivity index (χ0n) is 14.3. The van der Waals surface area contributed by atoms with Crippen LogP contribution in [0.25, 0.3) is 0 Å². The van der Waals surface area contributed by atoms with Crippen molar-refractivity contribution in [1.82, 2.24) is 5.32 Å². The summed E-state index contributed by atoms with van der Waals surface area (Å²) in [7, 11) is 0. The third kappa shape index (κ3) is 5.01.